The molecule has 3 nitrogen and oxygen atoms in total. The average Bonchev–Trinajstić information content (AvgIpc) is 2.47. The molecule has 0 amide bonds. The van der Waals surface area contributed by atoms with E-state index in [9.17, 15) is 5.11 Å². The number of benzene rings is 2. The first-order valence-electron chi connectivity index (χ1n) is 6.50. The summed E-state index contributed by atoms with van der Waals surface area (Å²) in [6.45, 7) is 2.55. The number of hydrogen-bond acceptors (Lipinski definition) is 3. The van der Waals surface area contributed by atoms with Gasteiger partial charge in [0, 0.05) is 4.47 Å². The molecule has 0 aromatic heterocycles. The lowest BCUT2D eigenvalue weighted by Crippen LogP contribution is -2.02. The maximum Gasteiger partial charge on any atom is 0.133 e. The molecular formula is C16H16Br2O3. The van der Waals surface area contributed by atoms with Crippen LogP contribution >= 0.6 is 31.9 Å². The Labute approximate surface area is 141 Å². The summed E-state index contributed by atoms with van der Waals surface area (Å²) in [6.07, 6.45) is -0.725. The van der Waals surface area contributed by atoms with E-state index >= 15 is 0 Å². The van der Waals surface area contributed by atoms with Gasteiger partial charge >= 0.3 is 0 Å². The Kier molecular flexibility index (Phi) is 5.67. The van der Waals surface area contributed by atoms with Gasteiger partial charge in [-0.15, -0.1) is 0 Å². The van der Waals surface area contributed by atoms with Crippen LogP contribution in [0.3, 0.4) is 0 Å². The van der Waals surface area contributed by atoms with Crippen molar-refractivity contribution in [3.05, 3.63) is 56.5 Å². The second-order valence-electron chi connectivity index (χ2n) is 4.41. The molecule has 0 heterocycles. The summed E-state index contributed by atoms with van der Waals surface area (Å²) in [4.78, 5) is 0. The molecule has 5 heteroatoms. The van der Waals surface area contributed by atoms with E-state index in [1.165, 1.54) is 0 Å². The molecule has 2 aromatic rings. The largest absolute Gasteiger partial charge is 0.496 e. The van der Waals surface area contributed by atoms with Crippen molar-refractivity contribution in [1.82, 2.24) is 0 Å². The molecule has 0 saturated carbocycles. The van der Waals surface area contributed by atoms with Crippen LogP contribution in [0.15, 0.2) is 45.3 Å². The Morgan fingerprint density at radius 3 is 2.43 bits per heavy atom. The van der Waals surface area contributed by atoms with Gasteiger partial charge in [-0.3, -0.25) is 0 Å². The van der Waals surface area contributed by atoms with Gasteiger partial charge in [0.25, 0.3) is 0 Å². The molecule has 0 aliphatic carbocycles. The number of aliphatic hydroxyl groups is 1. The molecule has 0 bridgehead atoms. The van der Waals surface area contributed by atoms with Crippen molar-refractivity contribution in [1.29, 1.82) is 0 Å². The molecule has 0 aliphatic heterocycles. The van der Waals surface area contributed by atoms with Crippen molar-refractivity contribution in [2.45, 2.75) is 13.0 Å². The minimum atomic E-state index is -0.725. The fraction of sp³-hybridized carbons (Fsp3) is 0.250. The predicted molar refractivity (Wildman–Crippen MR) is 90.1 cm³/mol. The molecule has 0 spiro atoms. The van der Waals surface area contributed by atoms with Crippen LogP contribution < -0.4 is 9.47 Å². The van der Waals surface area contributed by atoms with Crippen molar-refractivity contribution in [3.8, 4) is 11.5 Å². The third kappa shape index (κ3) is 3.78. The Morgan fingerprint density at radius 2 is 1.86 bits per heavy atom. The molecule has 112 valence electrons. The molecule has 2 aromatic carbocycles. The third-order valence-corrected chi connectivity index (χ3v) is 4.38. The van der Waals surface area contributed by atoms with Crippen LogP contribution in [0.1, 0.15) is 24.2 Å². The van der Waals surface area contributed by atoms with Crippen LogP contribution in [-0.2, 0) is 0 Å². The summed E-state index contributed by atoms with van der Waals surface area (Å²) in [7, 11) is 1.61. The van der Waals surface area contributed by atoms with E-state index in [-0.39, 0.29) is 0 Å². The Hall–Kier alpha value is -1.04. The molecule has 0 radical (unpaired) electrons. The fourth-order valence-electron chi connectivity index (χ4n) is 2.02. The Morgan fingerprint density at radius 1 is 1.10 bits per heavy atom. The third-order valence-electron chi connectivity index (χ3n) is 3.07. The summed E-state index contributed by atoms with van der Waals surface area (Å²) in [5.74, 6) is 1.51. The first kappa shape index (κ1) is 16.3. The lowest BCUT2D eigenvalue weighted by molar-refractivity contribution is 0.219. The molecule has 1 atom stereocenters. The lowest BCUT2D eigenvalue weighted by Gasteiger charge is -2.15. The number of rotatable bonds is 5. The highest BCUT2D eigenvalue weighted by Gasteiger charge is 2.15. The molecule has 0 aliphatic rings. The van der Waals surface area contributed by atoms with Gasteiger partial charge in [-0.2, -0.15) is 0 Å². The number of hydrogen-bond donors (Lipinski definition) is 1. The summed E-state index contributed by atoms with van der Waals surface area (Å²) >= 11 is 6.92. The van der Waals surface area contributed by atoms with Gasteiger partial charge in [0.2, 0.25) is 0 Å². The Balaban J connectivity index is 2.31. The van der Waals surface area contributed by atoms with Crippen molar-refractivity contribution < 1.29 is 14.6 Å². The zero-order valence-electron chi connectivity index (χ0n) is 11.8. The highest BCUT2D eigenvalue weighted by Crippen LogP contribution is 2.34. The first-order valence-corrected chi connectivity index (χ1v) is 8.09. The zero-order chi connectivity index (χ0) is 15.4. The van der Waals surface area contributed by atoms with Gasteiger partial charge in [0.05, 0.1) is 18.2 Å². The fourth-order valence-corrected chi connectivity index (χ4v) is 3.15. The van der Waals surface area contributed by atoms with E-state index in [1.807, 2.05) is 43.3 Å². The maximum absolute atomic E-state index is 10.5. The van der Waals surface area contributed by atoms with Gasteiger partial charge in [0.15, 0.2) is 0 Å². The van der Waals surface area contributed by atoms with E-state index in [4.69, 9.17) is 9.47 Å². The van der Waals surface area contributed by atoms with Gasteiger partial charge in [0.1, 0.15) is 17.6 Å². The second-order valence-corrected chi connectivity index (χ2v) is 6.12. The topological polar surface area (TPSA) is 38.7 Å². The van der Waals surface area contributed by atoms with Crippen LogP contribution in [0.5, 0.6) is 11.5 Å². The molecular weight excluding hydrogens is 400 g/mol. The van der Waals surface area contributed by atoms with E-state index in [0.29, 0.717) is 6.61 Å². The lowest BCUT2D eigenvalue weighted by atomic mass is 10.0. The van der Waals surface area contributed by atoms with Crippen LogP contribution in [0.4, 0.5) is 0 Å². The summed E-state index contributed by atoms with van der Waals surface area (Å²) < 4.78 is 12.3. The van der Waals surface area contributed by atoms with Gasteiger partial charge in [-0.1, -0.05) is 28.1 Å². The van der Waals surface area contributed by atoms with E-state index in [0.717, 1.165) is 31.6 Å². The highest BCUT2D eigenvalue weighted by molar-refractivity contribution is 9.10. The molecule has 1 N–H and O–H groups in total. The monoisotopic (exact) mass is 414 g/mol. The van der Waals surface area contributed by atoms with Crippen LogP contribution in [0.25, 0.3) is 0 Å². The van der Waals surface area contributed by atoms with Gasteiger partial charge in [-0.25, -0.2) is 0 Å². The summed E-state index contributed by atoms with van der Waals surface area (Å²) in [5.41, 5.74) is 1.57. The smallest absolute Gasteiger partial charge is 0.133 e. The first-order chi connectivity index (χ1) is 10.1. The molecule has 2 rings (SSSR count). The standard InChI is InChI=1S/C16H16Br2O3/c1-3-21-11-5-6-12(13(17)9-11)16(19)10-4-7-15(20-2)14(18)8-10/h4-9,16,19H,3H2,1-2H3. The van der Waals surface area contributed by atoms with Crippen molar-refractivity contribution in [2.75, 3.05) is 13.7 Å². The number of ether oxygens (including phenoxy) is 2. The minimum Gasteiger partial charge on any atom is -0.496 e. The van der Waals surface area contributed by atoms with Gasteiger partial charge < -0.3 is 14.6 Å². The molecule has 0 fully saturated rings. The van der Waals surface area contributed by atoms with Crippen molar-refractivity contribution >= 4 is 31.9 Å². The number of halogens is 2. The van der Waals surface area contributed by atoms with Crippen LogP contribution in [0.2, 0.25) is 0 Å². The van der Waals surface area contributed by atoms with Crippen molar-refractivity contribution in [2.24, 2.45) is 0 Å². The maximum atomic E-state index is 10.5. The minimum absolute atomic E-state index is 0.611. The van der Waals surface area contributed by atoms with Crippen LogP contribution in [0, 0.1) is 0 Å². The number of aliphatic hydroxyl groups excluding tert-OH is 1. The van der Waals surface area contributed by atoms with Crippen LogP contribution in [-0.4, -0.2) is 18.8 Å². The summed E-state index contributed by atoms with van der Waals surface area (Å²) in [5, 5.41) is 10.5. The normalized spacial score (nSPS) is 12.0. The predicted octanol–water partition coefficient (Wildman–Crippen LogP) is 4.70. The van der Waals surface area contributed by atoms with E-state index in [2.05, 4.69) is 31.9 Å². The summed E-state index contributed by atoms with van der Waals surface area (Å²) in [6, 6.07) is 11.1. The van der Waals surface area contributed by atoms with Crippen molar-refractivity contribution in [3.63, 3.8) is 0 Å². The highest BCUT2D eigenvalue weighted by atomic mass is 79.9. The Bertz CT molecular complexity index is 629. The van der Waals surface area contributed by atoms with Gasteiger partial charge in [-0.05, 0) is 58.2 Å². The zero-order valence-corrected chi connectivity index (χ0v) is 14.9. The SMILES string of the molecule is CCOc1ccc(C(O)c2ccc(OC)c(Br)c2)c(Br)c1. The van der Waals surface area contributed by atoms with E-state index < -0.39 is 6.10 Å². The quantitative estimate of drug-likeness (QED) is 0.768. The molecule has 1 unspecified atom stereocenters. The van der Waals surface area contributed by atoms with E-state index in [1.54, 1.807) is 7.11 Å². The average molecular weight is 416 g/mol. The number of methoxy groups -OCH3 is 1. The second kappa shape index (κ2) is 7.29. The molecule has 0 saturated heterocycles. The molecule has 21 heavy (non-hydrogen) atoms.